The molecular formula is C9H16N2O9S2. The molecule has 0 amide bonds. The Hall–Kier alpha value is -0.380. The molecule has 0 saturated carbocycles. The molecule has 3 rings (SSSR count). The first-order valence-corrected chi connectivity index (χ1v) is 9.14. The fourth-order valence-corrected chi connectivity index (χ4v) is 4.06. The van der Waals surface area contributed by atoms with E-state index in [4.69, 9.17) is 32.5 Å². The summed E-state index contributed by atoms with van der Waals surface area (Å²) >= 11 is 0. The van der Waals surface area contributed by atoms with E-state index in [1.54, 1.807) is 13.8 Å². The summed E-state index contributed by atoms with van der Waals surface area (Å²) in [6.45, 7) is 2.45. The van der Waals surface area contributed by atoms with Gasteiger partial charge in [0.15, 0.2) is 5.79 Å². The van der Waals surface area contributed by atoms with Gasteiger partial charge in [-0.25, -0.2) is 9.92 Å². The van der Waals surface area contributed by atoms with Gasteiger partial charge < -0.3 is 14.2 Å². The van der Waals surface area contributed by atoms with Crippen LogP contribution in [-0.2, 0) is 47.4 Å². The van der Waals surface area contributed by atoms with Gasteiger partial charge in [-0.15, -0.1) is 0 Å². The van der Waals surface area contributed by atoms with Crippen LogP contribution in [0.3, 0.4) is 0 Å². The van der Waals surface area contributed by atoms with Crippen molar-refractivity contribution in [1.82, 2.24) is 0 Å². The lowest BCUT2D eigenvalue weighted by Crippen LogP contribution is -2.60. The maximum atomic E-state index is 11.6. The lowest BCUT2D eigenvalue weighted by atomic mass is 9.98. The maximum Gasteiger partial charge on any atom is 0.333 e. The molecule has 0 aromatic rings. The molecule has 3 aliphatic heterocycles. The Balaban J connectivity index is 1.90. The van der Waals surface area contributed by atoms with Crippen LogP contribution in [0.5, 0.6) is 0 Å². The second kappa shape index (κ2) is 4.81. The highest BCUT2D eigenvalue weighted by atomic mass is 32.2. The molecule has 0 aliphatic carbocycles. The van der Waals surface area contributed by atoms with E-state index < -0.39 is 57.1 Å². The summed E-state index contributed by atoms with van der Waals surface area (Å²) in [5.74, 6) is -2.77. The van der Waals surface area contributed by atoms with Gasteiger partial charge in [0.1, 0.15) is 24.9 Å². The van der Waals surface area contributed by atoms with Crippen LogP contribution in [0, 0.1) is 4.78 Å². The van der Waals surface area contributed by atoms with Crippen molar-refractivity contribution in [3.05, 3.63) is 0 Å². The van der Waals surface area contributed by atoms with Crippen molar-refractivity contribution >= 4 is 20.6 Å². The summed E-state index contributed by atoms with van der Waals surface area (Å²) in [5, 5.41) is 4.82. The normalized spacial score (nSPS) is 47.1. The van der Waals surface area contributed by atoms with Gasteiger partial charge >= 0.3 is 10.3 Å². The number of nitrogens with two attached hydrogens (primary N) is 1. The smallest absolute Gasteiger partial charge is 0.333 e. The molecule has 13 heteroatoms. The molecule has 3 aliphatic rings. The third-order valence-electron chi connectivity index (χ3n) is 3.33. The van der Waals surface area contributed by atoms with Crippen molar-refractivity contribution in [3.8, 4) is 0 Å². The third kappa shape index (κ3) is 3.00. The Labute approximate surface area is 127 Å². The SMILES string of the molecule is CC1(C)O[C@H]2[C@@H]3OS(=N)(=O)O[C@@H]3CO[C@@]2(COS(N)(=O)=O)O1. The molecule has 0 spiro atoms. The molecule has 0 aromatic heterocycles. The zero-order valence-corrected chi connectivity index (χ0v) is 13.3. The Morgan fingerprint density at radius 1 is 1.41 bits per heavy atom. The topological polar surface area (TPSA) is 156 Å². The minimum atomic E-state index is -4.23. The van der Waals surface area contributed by atoms with E-state index in [0.29, 0.717) is 0 Å². The zero-order chi connectivity index (χ0) is 16.4. The van der Waals surface area contributed by atoms with Crippen LogP contribution in [0.2, 0.25) is 0 Å². The molecule has 3 saturated heterocycles. The summed E-state index contributed by atoms with van der Waals surface area (Å²) in [6, 6.07) is 0. The molecule has 11 nitrogen and oxygen atoms in total. The van der Waals surface area contributed by atoms with Gasteiger partial charge in [0.2, 0.25) is 5.79 Å². The summed E-state index contributed by atoms with van der Waals surface area (Å²) in [6.07, 6.45) is -2.73. The summed E-state index contributed by atoms with van der Waals surface area (Å²) in [5.41, 5.74) is 0. The predicted octanol–water partition coefficient (Wildman–Crippen LogP) is -1.25. The molecule has 3 N–H and O–H groups in total. The van der Waals surface area contributed by atoms with E-state index in [-0.39, 0.29) is 6.61 Å². The minimum absolute atomic E-state index is 0.134. The van der Waals surface area contributed by atoms with Crippen LogP contribution in [0.15, 0.2) is 0 Å². The number of rotatable bonds is 3. The Morgan fingerprint density at radius 2 is 2.09 bits per heavy atom. The van der Waals surface area contributed by atoms with Crippen molar-refractivity contribution in [1.29, 1.82) is 4.78 Å². The highest BCUT2D eigenvalue weighted by Crippen LogP contribution is 2.46. The molecule has 0 radical (unpaired) electrons. The van der Waals surface area contributed by atoms with Crippen LogP contribution in [0.1, 0.15) is 13.8 Å². The van der Waals surface area contributed by atoms with Crippen molar-refractivity contribution in [2.45, 2.75) is 43.7 Å². The minimum Gasteiger partial charge on any atom is -0.343 e. The Kier molecular flexibility index (Phi) is 3.60. The van der Waals surface area contributed by atoms with Crippen molar-refractivity contribution in [2.75, 3.05) is 13.2 Å². The molecule has 3 heterocycles. The van der Waals surface area contributed by atoms with E-state index in [1.165, 1.54) is 0 Å². The molecule has 1 unspecified atom stereocenters. The van der Waals surface area contributed by atoms with Gasteiger partial charge in [0.05, 0.1) is 6.61 Å². The second-order valence-corrected chi connectivity index (χ2v) is 8.08. The van der Waals surface area contributed by atoms with Gasteiger partial charge in [-0.05, 0) is 13.8 Å². The van der Waals surface area contributed by atoms with Crippen molar-refractivity contribution in [3.63, 3.8) is 0 Å². The number of hydrogen-bond acceptors (Lipinski definition) is 10. The fraction of sp³-hybridized carbons (Fsp3) is 1.00. The van der Waals surface area contributed by atoms with Crippen molar-refractivity contribution < 1.29 is 39.4 Å². The third-order valence-corrected chi connectivity index (χ3v) is 4.75. The van der Waals surface area contributed by atoms with E-state index in [9.17, 15) is 12.6 Å². The Bertz CT molecular complexity index is 675. The zero-order valence-electron chi connectivity index (χ0n) is 11.7. The lowest BCUT2D eigenvalue weighted by molar-refractivity contribution is -0.290. The monoisotopic (exact) mass is 360 g/mol. The highest BCUT2D eigenvalue weighted by molar-refractivity contribution is 7.84. The quantitative estimate of drug-likeness (QED) is 0.627. The largest absolute Gasteiger partial charge is 0.343 e. The molecule has 5 atom stereocenters. The van der Waals surface area contributed by atoms with Crippen LogP contribution < -0.4 is 5.14 Å². The predicted molar refractivity (Wildman–Crippen MR) is 68.4 cm³/mol. The molecule has 3 fully saturated rings. The van der Waals surface area contributed by atoms with Gasteiger partial charge in [-0.2, -0.15) is 12.6 Å². The fourth-order valence-electron chi connectivity index (χ4n) is 2.68. The highest BCUT2D eigenvalue weighted by Gasteiger charge is 2.65. The molecule has 22 heavy (non-hydrogen) atoms. The molecule has 0 aromatic carbocycles. The first-order chi connectivity index (χ1) is 9.92. The first kappa shape index (κ1) is 16.5. The van der Waals surface area contributed by atoms with Crippen LogP contribution in [0.4, 0.5) is 0 Å². The summed E-state index contributed by atoms with van der Waals surface area (Å²) in [4.78, 5) is 0. The van der Waals surface area contributed by atoms with E-state index in [2.05, 4.69) is 4.18 Å². The summed E-state index contributed by atoms with van der Waals surface area (Å²) in [7, 11) is -7.90. The molecule has 0 bridgehead atoms. The van der Waals surface area contributed by atoms with Gasteiger partial charge in [-0.3, -0.25) is 12.5 Å². The Morgan fingerprint density at radius 3 is 2.73 bits per heavy atom. The standard InChI is InChI=1S/C9H16N2O9S2/c1-8(2)17-7-6-5(18-22(11,14)19-6)3-15-9(7,20-8)4-16-21(10,12)13/h5-7,11H,3-4H2,1-2H3,(H2,10,12,13)/t5-,6-,7+,9+,22?/m1/s1. The van der Waals surface area contributed by atoms with E-state index >= 15 is 0 Å². The van der Waals surface area contributed by atoms with Gasteiger partial charge in [0, 0.05) is 0 Å². The van der Waals surface area contributed by atoms with E-state index in [1.807, 2.05) is 0 Å². The number of fused-ring (bicyclic) bond motifs is 3. The molecule has 128 valence electrons. The van der Waals surface area contributed by atoms with Gasteiger partial charge in [0.25, 0.3) is 10.3 Å². The lowest BCUT2D eigenvalue weighted by Gasteiger charge is -2.39. The van der Waals surface area contributed by atoms with Crippen LogP contribution >= 0.6 is 0 Å². The van der Waals surface area contributed by atoms with Crippen LogP contribution in [0.25, 0.3) is 0 Å². The second-order valence-electron chi connectivity index (χ2n) is 5.57. The van der Waals surface area contributed by atoms with Gasteiger partial charge in [-0.1, -0.05) is 0 Å². The average molecular weight is 360 g/mol. The number of nitrogens with one attached hydrogen (secondary N) is 1. The number of hydrogen-bond donors (Lipinski definition) is 2. The van der Waals surface area contributed by atoms with E-state index in [0.717, 1.165) is 0 Å². The first-order valence-electron chi connectivity index (χ1n) is 6.26. The van der Waals surface area contributed by atoms with Crippen molar-refractivity contribution in [2.24, 2.45) is 5.14 Å². The average Bonchev–Trinajstić information content (AvgIpc) is 2.78. The number of ether oxygens (including phenoxy) is 3. The van der Waals surface area contributed by atoms with Crippen LogP contribution in [-0.4, -0.2) is 55.7 Å². The maximum absolute atomic E-state index is 11.6. The molecular weight excluding hydrogens is 344 g/mol. The summed E-state index contributed by atoms with van der Waals surface area (Å²) < 4.78 is 72.5.